The van der Waals surface area contributed by atoms with Gasteiger partial charge in [-0.25, -0.2) is 0 Å². The standard InChI is InChI=1S/C9H15FN2OSe/c1-11-7-8(13)12(9(11)14)6-4-2-3-5-10/h2-7H2,1H3. The molecule has 1 aliphatic rings. The average Bonchev–Trinajstić information content (AvgIpc) is 2.38. The van der Waals surface area contributed by atoms with Crippen molar-refractivity contribution < 1.29 is 9.18 Å². The van der Waals surface area contributed by atoms with Crippen LogP contribution < -0.4 is 0 Å². The first-order chi connectivity index (χ1) is 6.66. The number of nitrogens with zero attached hydrogens (tertiary/aromatic N) is 2. The number of hydrogen-bond donors (Lipinski definition) is 0. The van der Waals surface area contributed by atoms with Crippen molar-refractivity contribution in [2.45, 2.75) is 19.3 Å². The second-order valence-electron chi connectivity index (χ2n) is 3.43. The molecule has 0 spiro atoms. The van der Waals surface area contributed by atoms with Crippen molar-refractivity contribution in [2.24, 2.45) is 0 Å². The number of likely N-dealkylation sites (N-methyl/N-ethyl adjacent to an activating group) is 1. The van der Waals surface area contributed by atoms with Crippen molar-refractivity contribution in [3.8, 4) is 0 Å². The van der Waals surface area contributed by atoms with Crippen molar-refractivity contribution in [3.63, 3.8) is 0 Å². The molecular formula is C9H15FN2OSe. The fraction of sp³-hybridized carbons (Fsp3) is 0.778. The molecule has 0 saturated carbocycles. The van der Waals surface area contributed by atoms with E-state index in [1.165, 1.54) is 0 Å². The number of amides is 1. The molecule has 5 heteroatoms. The van der Waals surface area contributed by atoms with E-state index in [0.29, 0.717) is 19.5 Å². The zero-order valence-corrected chi connectivity index (χ0v) is 10.0. The van der Waals surface area contributed by atoms with Crippen LogP contribution in [0.3, 0.4) is 0 Å². The molecule has 1 rings (SSSR count). The normalized spacial score (nSPS) is 17.0. The van der Waals surface area contributed by atoms with Crippen LogP contribution in [0.4, 0.5) is 4.39 Å². The van der Waals surface area contributed by atoms with Crippen LogP contribution >= 0.6 is 0 Å². The van der Waals surface area contributed by atoms with Gasteiger partial charge in [-0.15, -0.1) is 0 Å². The van der Waals surface area contributed by atoms with Gasteiger partial charge in [-0.3, -0.25) is 0 Å². The predicted molar refractivity (Wildman–Crippen MR) is 54.9 cm³/mol. The molecular weight excluding hydrogens is 250 g/mol. The minimum absolute atomic E-state index is 0.126. The van der Waals surface area contributed by atoms with Crippen molar-refractivity contribution in [2.75, 3.05) is 26.8 Å². The summed E-state index contributed by atoms with van der Waals surface area (Å²) >= 11 is 2.88. The van der Waals surface area contributed by atoms with E-state index in [1.807, 2.05) is 11.9 Å². The summed E-state index contributed by atoms with van der Waals surface area (Å²) < 4.78 is 12.7. The van der Waals surface area contributed by atoms with E-state index < -0.39 is 0 Å². The van der Waals surface area contributed by atoms with Crippen LogP contribution in [0, 0.1) is 0 Å². The molecule has 1 fully saturated rings. The Morgan fingerprint density at radius 3 is 2.64 bits per heavy atom. The van der Waals surface area contributed by atoms with Gasteiger partial charge in [0.15, 0.2) is 0 Å². The monoisotopic (exact) mass is 266 g/mol. The van der Waals surface area contributed by atoms with E-state index in [-0.39, 0.29) is 12.6 Å². The molecule has 1 amide bonds. The van der Waals surface area contributed by atoms with Crippen LogP contribution in [0.2, 0.25) is 0 Å². The molecule has 80 valence electrons. The molecule has 0 unspecified atom stereocenters. The summed E-state index contributed by atoms with van der Waals surface area (Å²) in [5.41, 5.74) is 0. The molecule has 0 atom stereocenters. The Morgan fingerprint density at radius 1 is 1.43 bits per heavy atom. The van der Waals surface area contributed by atoms with Crippen LogP contribution in [0.5, 0.6) is 0 Å². The minimum atomic E-state index is -0.261. The van der Waals surface area contributed by atoms with E-state index in [1.54, 1.807) is 4.90 Å². The van der Waals surface area contributed by atoms with Gasteiger partial charge in [0.1, 0.15) is 0 Å². The summed E-state index contributed by atoms with van der Waals surface area (Å²) in [6, 6.07) is 0. The molecule has 14 heavy (non-hydrogen) atoms. The molecule has 0 N–H and O–H groups in total. The molecule has 0 aliphatic carbocycles. The summed E-state index contributed by atoms with van der Waals surface area (Å²) in [4.78, 5) is 15.0. The molecule has 3 nitrogen and oxygen atoms in total. The number of carbonyl (C=O) groups excluding carboxylic acids is 1. The molecule has 1 heterocycles. The topological polar surface area (TPSA) is 23.6 Å². The number of halogens is 1. The first-order valence-corrected chi connectivity index (χ1v) is 5.64. The quantitative estimate of drug-likeness (QED) is 0.522. The Kier molecular flexibility index (Phi) is 4.55. The van der Waals surface area contributed by atoms with Crippen molar-refractivity contribution in [3.05, 3.63) is 0 Å². The third-order valence-electron chi connectivity index (χ3n) is 2.25. The Balaban J connectivity index is 2.30. The number of rotatable bonds is 5. The summed E-state index contributed by atoms with van der Waals surface area (Å²) in [5, 5.41) is 0. The zero-order valence-electron chi connectivity index (χ0n) is 8.33. The molecule has 1 aliphatic heterocycles. The third kappa shape index (κ3) is 2.79. The molecule has 1 saturated heterocycles. The van der Waals surface area contributed by atoms with Crippen molar-refractivity contribution >= 4 is 26.1 Å². The molecule has 0 aromatic carbocycles. The summed E-state index contributed by atoms with van der Waals surface area (Å²) in [5.74, 6) is 0.126. The number of unbranched alkanes of at least 4 members (excludes halogenated alkanes) is 2. The second-order valence-corrected chi connectivity index (χ2v) is 4.20. The van der Waals surface area contributed by atoms with Gasteiger partial charge in [0.05, 0.1) is 0 Å². The Labute approximate surface area is 91.6 Å². The number of carbonyl (C=O) groups is 1. The average molecular weight is 265 g/mol. The van der Waals surface area contributed by atoms with Crippen LogP contribution in [0.1, 0.15) is 19.3 Å². The van der Waals surface area contributed by atoms with E-state index in [4.69, 9.17) is 0 Å². The first-order valence-electron chi connectivity index (χ1n) is 4.78. The van der Waals surface area contributed by atoms with Gasteiger partial charge in [0, 0.05) is 0 Å². The maximum atomic E-state index is 11.8. The molecule has 0 aromatic heterocycles. The second kappa shape index (κ2) is 5.47. The van der Waals surface area contributed by atoms with Crippen LogP contribution in [0.25, 0.3) is 0 Å². The van der Waals surface area contributed by atoms with Gasteiger partial charge in [0.25, 0.3) is 0 Å². The summed E-state index contributed by atoms with van der Waals surface area (Å²) in [7, 11) is 1.88. The SMILES string of the molecule is CN1CC(=O)N(CCCCCF)C1=[Se]. The molecule has 0 bridgehead atoms. The van der Waals surface area contributed by atoms with Crippen LogP contribution in [-0.4, -0.2) is 62.8 Å². The first kappa shape index (κ1) is 11.7. The Hall–Kier alpha value is -0.411. The van der Waals surface area contributed by atoms with Gasteiger partial charge in [-0.2, -0.15) is 0 Å². The van der Waals surface area contributed by atoms with E-state index in [2.05, 4.69) is 15.6 Å². The fourth-order valence-electron chi connectivity index (χ4n) is 1.43. The van der Waals surface area contributed by atoms with Gasteiger partial charge >= 0.3 is 91.2 Å². The summed E-state index contributed by atoms with van der Waals surface area (Å²) in [6.07, 6.45) is 2.31. The number of alkyl halides is 1. The fourth-order valence-corrected chi connectivity index (χ4v) is 1.97. The number of hydrogen-bond acceptors (Lipinski definition) is 2. The zero-order chi connectivity index (χ0) is 10.6. The van der Waals surface area contributed by atoms with Crippen LogP contribution in [0.15, 0.2) is 0 Å². The molecule has 0 aromatic rings. The van der Waals surface area contributed by atoms with Crippen LogP contribution in [-0.2, 0) is 4.79 Å². The van der Waals surface area contributed by atoms with E-state index in [0.717, 1.165) is 17.5 Å². The van der Waals surface area contributed by atoms with Gasteiger partial charge in [-0.05, 0) is 0 Å². The van der Waals surface area contributed by atoms with Gasteiger partial charge < -0.3 is 0 Å². The Bertz CT molecular complexity index is 235. The van der Waals surface area contributed by atoms with Gasteiger partial charge in [-0.1, -0.05) is 0 Å². The van der Waals surface area contributed by atoms with E-state index >= 15 is 0 Å². The van der Waals surface area contributed by atoms with Gasteiger partial charge in [0.2, 0.25) is 0 Å². The predicted octanol–water partition coefficient (Wildman–Crippen LogP) is 0.156. The Morgan fingerprint density at radius 2 is 2.14 bits per heavy atom. The van der Waals surface area contributed by atoms with Crippen molar-refractivity contribution in [1.29, 1.82) is 0 Å². The molecule has 0 radical (unpaired) electrons. The van der Waals surface area contributed by atoms with E-state index in [9.17, 15) is 9.18 Å². The third-order valence-corrected chi connectivity index (χ3v) is 3.36. The summed E-state index contributed by atoms with van der Waals surface area (Å²) in [6.45, 7) is 0.889. The maximum absolute atomic E-state index is 11.8. The van der Waals surface area contributed by atoms with Crippen molar-refractivity contribution in [1.82, 2.24) is 9.80 Å².